The monoisotopic (exact) mass is 264 g/mol. The van der Waals surface area contributed by atoms with Crippen LogP contribution in [0.5, 0.6) is 0 Å². The lowest BCUT2D eigenvalue weighted by atomic mass is 10.3. The lowest BCUT2D eigenvalue weighted by Gasteiger charge is -1.98. The Morgan fingerprint density at radius 3 is 2.76 bits per heavy atom. The van der Waals surface area contributed by atoms with Crippen LogP contribution in [0.3, 0.4) is 0 Å². The van der Waals surface area contributed by atoms with Crippen LogP contribution in [0.1, 0.15) is 29.7 Å². The molecule has 6 heteroatoms. The molecule has 2 nitrogen and oxygen atoms in total. The van der Waals surface area contributed by atoms with Crippen molar-refractivity contribution in [1.29, 1.82) is 0 Å². The first-order valence-corrected chi connectivity index (χ1v) is 6.26. The highest BCUT2D eigenvalue weighted by Gasteiger charge is 2.34. The molecule has 0 aliphatic heterocycles. The molecule has 1 N–H and O–H groups in total. The van der Waals surface area contributed by atoms with Crippen molar-refractivity contribution in [2.75, 3.05) is 13.1 Å². The molecule has 0 aliphatic carbocycles. The third-order valence-electron chi connectivity index (χ3n) is 1.96. The quantitative estimate of drug-likeness (QED) is 0.795. The van der Waals surface area contributed by atoms with Crippen molar-refractivity contribution in [2.24, 2.45) is 0 Å². The highest BCUT2D eigenvalue weighted by atomic mass is 32.1. The predicted octanol–water partition coefficient (Wildman–Crippen LogP) is 3.56. The molecule has 0 unspecified atom stereocenters. The maximum absolute atomic E-state index is 12.2. The van der Waals surface area contributed by atoms with E-state index in [9.17, 15) is 13.2 Å². The van der Waals surface area contributed by atoms with Gasteiger partial charge in [0.15, 0.2) is 5.01 Å². The van der Waals surface area contributed by atoms with Crippen LogP contribution >= 0.6 is 11.3 Å². The number of nitrogens with one attached hydrogen (secondary N) is 1. The fourth-order valence-corrected chi connectivity index (χ4v) is 1.90. The number of nitrogens with zero attached hydrogens (tertiary/aromatic N) is 1. The molecule has 1 rings (SSSR count). The number of hydrogen-bond donors (Lipinski definition) is 1. The molecule has 17 heavy (non-hydrogen) atoms. The van der Waals surface area contributed by atoms with E-state index in [4.69, 9.17) is 0 Å². The van der Waals surface area contributed by atoms with E-state index in [0.717, 1.165) is 25.9 Å². The molecule has 0 fully saturated rings. The average Bonchev–Trinajstić information content (AvgIpc) is 2.71. The molecule has 0 saturated carbocycles. The number of thiazole rings is 1. The second kappa shape index (κ2) is 6.76. The van der Waals surface area contributed by atoms with Crippen LogP contribution in [0.2, 0.25) is 0 Å². The van der Waals surface area contributed by atoms with Crippen molar-refractivity contribution >= 4 is 17.4 Å². The smallest absolute Gasteiger partial charge is 0.316 e. The minimum atomic E-state index is -4.33. The second-order valence-electron chi connectivity index (χ2n) is 3.51. The van der Waals surface area contributed by atoms with Gasteiger partial charge in [-0.25, -0.2) is 4.98 Å². The fraction of sp³-hybridized carbons (Fsp3) is 0.545. The molecule has 1 aromatic rings. The number of rotatable bonds is 6. The van der Waals surface area contributed by atoms with Gasteiger partial charge in [0.25, 0.3) is 0 Å². The molecule has 0 bridgehead atoms. The highest BCUT2D eigenvalue weighted by molar-refractivity contribution is 7.12. The maximum atomic E-state index is 12.2. The molecule has 0 saturated heterocycles. The molecular formula is C11H15F3N2S. The van der Waals surface area contributed by atoms with E-state index in [1.807, 2.05) is 6.08 Å². The summed E-state index contributed by atoms with van der Waals surface area (Å²) < 4.78 is 36.7. The van der Waals surface area contributed by atoms with E-state index in [1.54, 1.807) is 6.08 Å². The van der Waals surface area contributed by atoms with E-state index < -0.39 is 11.2 Å². The summed E-state index contributed by atoms with van der Waals surface area (Å²) in [5.41, 5.74) is 0. The maximum Gasteiger partial charge on any atom is 0.443 e. The van der Waals surface area contributed by atoms with Crippen LogP contribution in [0.4, 0.5) is 13.2 Å². The zero-order chi connectivity index (χ0) is 12.7. The van der Waals surface area contributed by atoms with Crippen molar-refractivity contribution in [2.45, 2.75) is 25.9 Å². The topological polar surface area (TPSA) is 24.9 Å². The zero-order valence-corrected chi connectivity index (χ0v) is 10.4. The first-order chi connectivity index (χ1) is 8.04. The molecule has 0 atom stereocenters. The lowest BCUT2D eigenvalue weighted by molar-refractivity contribution is -0.137. The summed E-state index contributed by atoms with van der Waals surface area (Å²) in [6, 6.07) is 0. The highest BCUT2D eigenvalue weighted by Crippen LogP contribution is 2.32. The normalized spacial score (nSPS) is 12.5. The third kappa shape index (κ3) is 5.32. The number of hydrogen-bond acceptors (Lipinski definition) is 3. The van der Waals surface area contributed by atoms with Crippen LogP contribution < -0.4 is 5.32 Å². The molecular weight excluding hydrogens is 249 g/mol. The van der Waals surface area contributed by atoms with Gasteiger partial charge in [-0.15, -0.1) is 11.3 Å². The van der Waals surface area contributed by atoms with Gasteiger partial charge in [-0.2, -0.15) is 13.2 Å². The Morgan fingerprint density at radius 2 is 2.18 bits per heavy atom. The molecule has 0 spiro atoms. The van der Waals surface area contributed by atoms with Crippen LogP contribution in [0.25, 0.3) is 6.08 Å². The van der Waals surface area contributed by atoms with Crippen molar-refractivity contribution in [3.8, 4) is 0 Å². The Kier molecular flexibility index (Phi) is 5.64. The Balaban J connectivity index is 2.36. The van der Waals surface area contributed by atoms with E-state index in [-0.39, 0.29) is 0 Å². The first kappa shape index (κ1) is 14.2. The van der Waals surface area contributed by atoms with Gasteiger partial charge in [0.2, 0.25) is 0 Å². The van der Waals surface area contributed by atoms with E-state index in [0.29, 0.717) is 16.2 Å². The summed E-state index contributed by atoms with van der Waals surface area (Å²) in [6.45, 7) is 3.89. The summed E-state index contributed by atoms with van der Waals surface area (Å²) in [7, 11) is 0. The van der Waals surface area contributed by atoms with Crippen molar-refractivity contribution in [1.82, 2.24) is 10.3 Å². The predicted molar refractivity (Wildman–Crippen MR) is 63.9 cm³/mol. The van der Waals surface area contributed by atoms with Crippen LogP contribution in [-0.4, -0.2) is 18.1 Å². The van der Waals surface area contributed by atoms with E-state index >= 15 is 0 Å². The van der Waals surface area contributed by atoms with Crippen molar-refractivity contribution in [3.63, 3.8) is 0 Å². The van der Waals surface area contributed by atoms with Crippen LogP contribution in [0, 0.1) is 0 Å². The first-order valence-electron chi connectivity index (χ1n) is 5.44. The van der Waals surface area contributed by atoms with Gasteiger partial charge in [0, 0.05) is 11.1 Å². The minimum absolute atomic E-state index is 0.535. The van der Waals surface area contributed by atoms with Gasteiger partial charge in [-0.3, -0.25) is 0 Å². The van der Waals surface area contributed by atoms with Gasteiger partial charge in [0.05, 0.1) is 0 Å². The summed E-state index contributed by atoms with van der Waals surface area (Å²) in [4.78, 5) is 3.88. The Bertz CT molecular complexity index is 358. The second-order valence-corrected chi connectivity index (χ2v) is 4.57. The van der Waals surface area contributed by atoms with E-state index in [2.05, 4.69) is 17.2 Å². The third-order valence-corrected chi connectivity index (χ3v) is 2.97. The molecule has 1 aromatic heterocycles. The lowest BCUT2D eigenvalue weighted by Crippen LogP contribution is -2.14. The molecule has 96 valence electrons. The van der Waals surface area contributed by atoms with E-state index in [1.165, 1.54) is 6.20 Å². The summed E-state index contributed by atoms with van der Waals surface area (Å²) in [5.74, 6) is 0. The fourth-order valence-electron chi connectivity index (χ4n) is 1.18. The van der Waals surface area contributed by atoms with Gasteiger partial charge in [-0.1, -0.05) is 13.0 Å². The Labute approximate surface area is 103 Å². The van der Waals surface area contributed by atoms with Gasteiger partial charge >= 0.3 is 6.18 Å². The number of alkyl halides is 3. The SMILES string of the molecule is CCCNCC/C=C/c1cnc(C(F)(F)F)s1. The zero-order valence-electron chi connectivity index (χ0n) is 9.55. The standard InChI is InChI=1S/C11H15F3N2S/c1-2-6-15-7-4-3-5-9-8-16-10(17-9)11(12,13)14/h3,5,8,15H,2,4,6-7H2,1H3/b5-3+. The molecule has 0 amide bonds. The Hall–Kier alpha value is -0.880. The van der Waals surface area contributed by atoms with Gasteiger partial charge < -0.3 is 5.32 Å². The van der Waals surface area contributed by atoms with Gasteiger partial charge in [-0.05, 0) is 32.0 Å². The average molecular weight is 264 g/mol. The molecule has 1 heterocycles. The molecule has 0 radical (unpaired) electrons. The largest absolute Gasteiger partial charge is 0.443 e. The van der Waals surface area contributed by atoms with Gasteiger partial charge in [0.1, 0.15) is 0 Å². The number of halogens is 3. The minimum Gasteiger partial charge on any atom is -0.316 e. The summed E-state index contributed by atoms with van der Waals surface area (Å²) in [6.07, 6.45) is 2.34. The van der Waals surface area contributed by atoms with Crippen LogP contribution in [0.15, 0.2) is 12.3 Å². The number of aromatic nitrogens is 1. The van der Waals surface area contributed by atoms with Crippen LogP contribution in [-0.2, 0) is 6.18 Å². The Morgan fingerprint density at radius 1 is 1.41 bits per heavy atom. The summed E-state index contributed by atoms with van der Waals surface area (Å²) in [5, 5.41) is 2.42. The summed E-state index contributed by atoms with van der Waals surface area (Å²) >= 11 is 0.665. The molecule has 0 aliphatic rings. The van der Waals surface area contributed by atoms with Crippen molar-refractivity contribution in [3.05, 3.63) is 22.2 Å². The van der Waals surface area contributed by atoms with Crippen molar-refractivity contribution < 1.29 is 13.2 Å². The molecule has 0 aromatic carbocycles.